The fraction of sp³-hybridized carbons (Fsp3) is 0.125. The molecule has 0 nitrogen and oxygen atoms in total. The molecule has 0 unspecified atom stereocenters. The first kappa shape index (κ1) is 15.2. The van der Waals surface area contributed by atoms with Crippen LogP contribution in [0.5, 0.6) is 0 Å². The average molecular weight is 429 g/mol. The number of thiophene rings is 2. The van der Waals surface area contributed by atoms with Gasteiger partial charge >= 0.3 is 5.92 Å². The lowest BCUT2D eigenvalue weighted by atomic mass is 9.98. The van der Waals surface area contributed by atoms with E-state index >= 15 is 0 Å². The monoisotopic (exact) mass is 428 g/mol. The Morgan fingerprint density at radius 2 is 1.25 bits per heavy atom. The second-order valence-corrected chi connectivity index (χ2v) is 9.67. The summed E-state index contributed by atoms with van der Waals surface area (Å²) in [6, 6.07) is 5.36. The minimum absolute atomic E-state index is 0.0698. The Balaban J connectivity index is 1.86. The quantitative estimate of drug-likeness (QED) is 0.346. The Kier molecular flexibility index (Phi) is 2.74. The van der Waals surface area contributed by atoms with Gasteiger partial charge in [0.05, 0.1) is 3.79 Å². The number of alkyl halides is 4. The summed E-state index contributed by atoms with van der Waals surface area (Å²) >= 11 is 5.59. The van der Waals surface area contributed by atoms with Crippen LogP contribution in [0.3, 0.4) is 0 Å². The summed E-state index contributed by atoms with van der Waals surface area (Å²) in [5.41, 5.74) is -0.0689. The zero-order chi connectivity index (χ0) is 17.0. The van der Waals surface area contributed by atoms with Gasteiger partial charge in [-0.1, -0.05) is 0 Å². The molecule has 24 heavy (non-hydrogen) atoms. The van der Waals surface area contributed by atoms with Crippen LogP contribution in [0.25, 0.3) is 20.9 Å². The van der Waals surface area contributed by atoms with Crippen LogP contribution in [0.1, 0.15) is 22.3 Å². The molecule has 8 heteroatoms. The standard InChI is InChI=1S/C16H6BBrF4S2/c17-11-3-9-13(23-11)5-1-8-6(2-7(5)15(9,19)20)14-10(16(8,21)22)4-12(18)24-14/h1-4H,17H2. The Morgan fingerprint density at radius 3 is 1.83 bits per heavy atom. The average Bonchev–Trinajstić information content (AvgIpc) is 3.17. The molecule has 0 spiro atoms. The molecule has 0 atom stereocenters. The van der Waals surface area contributed by atoms with Crippen molar-refractivity contribution in [3.63, 3.8) is 0 Å². The summed E-state index contributed by atoms with van der Waals surface area (Å²) in [5.74, 6) is -6.30. The van der Waals surface area contributed by atoms with Crippen molar-refractivity contribution in [2.75, 3.05) is 0 Å². The van der Waals surface area contributed by atoms with Crippen LogP contribution < -0.4 is 4.78 Å². The van der Waals surface area contributed by atoms with Gasteiger partial charge in [0, 0.05) is 43.1 Å². The third-order valence-electron chi connectivity index (χ3n) is 4.56. The van der Waals surface area contributed by atoms with Crippen molar-refractivity contribution in [2.45, 2.75) is 11.8 Å². The Labute approximate surface area is 151 Å². The van der Waals surface area contributed by atoms with Crippen molar-refractivity contribution in [3.05, 3.63) is 50.3 Å². The van der Waals surface area contributed by atoms with Crippen molar-refractivity contribution in [1.82, 2.24) is 0 Å². The number of benzene rings is 1. The molecule has 0 fully saturated rings. The zero-order valence-electron chi connectivity index (χ0n) is 12.0. The van der Waals surface area contributed by atoms with E-state index in [2.05, 4.69) is 15.9 Å². The van der Waals surface area contributed by atoms with E-state index in [1.54, 1.807) is 7.85 Å². The normalized spacial score (nSPS) is 18.2. The van der Waals surface area contributed by atoms with Gasteiger partial charge in [-0.05, 0) is 45.0 Å². The second-order valence-electron chi connectivity index (χ2n) is 5.99. The van der Waals surface area contributed by atoms with E-state index in [4.69, 9.17) is 0 Å². The van der Waals surface area contributed by atoms with Gasteiger partial charge in [-0.3, -0.25) is 0 Å². The molecule has 3 aromatic rings. The Morgan fingerprint density at radius 1 is 0.750 bits per heavy atom. The summed E-state index contributed by atoms with van der Waals surface area (Å²) in [7, 11) is 1.75. The van der Waals surface area contributed by atoms with E-state index in [1.807, 2.05) is 0 Å². The predicted octanol–water partition coefficient (Wildman–Crippen LogP) is 5.07. The molecule has 120 valence electrons. The van der Waals surface area contributed by atoms with Crippen LogP contribution in [0.2, 0.25) is 0 Å². The van der Waals surface area contributed by atoms with Crippen LogP contribution in [-0.2, 0) is 11.8 Å². The van der Waals surface area contributed by atoms with E-state index in [1.165, 1.54) is 35.6 Å². The lowest BCUT2D eigenvalue weighted by Gasteiger charge is -2.15. The van der Waals surface area contributed by atoms with Gasteiger partial charge in [0.2, 0.25) is 0 Å². The molecule has 0 saturated carbocycles. The smallest absolute Gasteiger partial charge is 0.196 e. The van der Waals surface area contributed by atoms with Crippen LogP contribution in [0, 0.1) is 0 Å². The second kappa shape index (κ2) is 4.34. The summed E-state index contributed by atoms with van der Waals surface area (Å²) in [4.78, 5) is 0.773. The van der Waals surface area contributed by atoms with Crippen molar-refractivity contribution in [1.29, 1.82) is 0 Å². The first-order valence-corrected chi connectivity index (χ1v) is 9.50. The summed E-state index contributed by atoms with van der Waals surface area (Å²) in [6.45, 7) is 0. The van der Waals surface area contributed by atoms with Gasteiger partial charge in [0.25, 0.3) is 5.92 Å². The summed E-state index contributed by atoms with van der Waals surface area (Å²) in [5, 5.41) is 0. The van der Waals surface area contributed by atoms with E-state index < -0.39 is 11.8 Å². The molecular formula is C16H6BBrF4S2. The minimum atomic E-state index is -3.16. The SMILES string of the molecule is Bc1cc2c(s1)-c1cc3c(cc1C2(F)F)-c1sc(Br)cc1C3(F)F. The van der Waals surface area contributed by atoms with Gasteiger partial charge < -0.3 is 0 Å². The van der Waals surface area contributed by atoms with Crippen molar-refractivity contribution < 1.29 is 17.6 Å². The van der Waals surface area contributed by atoms with Gasteiger partial charge in [-0.15, -0.1) is 11.3 Å². The Bertz CT molecular complexity index is 967. The highest BCUT2D eigenvalue weighted by atomic mass is 79.9. The van der Waals surface area contributed by atoms with Crippen LogP contribution >= 0.6 is 38.6 Å². The zero-order valence-corrected chi connectivity index (χ0v) is 15.2. The van der Waals surface area contributed by atoms with Crippen molar-refractivity contribution in [2.24, 2.45) is 0 Å². The molecule has 0 bridgehead atoms. The van der Waals surface area contributed by atoms with E-state index in [-0.39, 0.29) is 33.4 Å². The molecule has 1 aromatic carbocycles. The number of rotatable bonds is 0. The Hall–Kier alpha value is -1.12. The van der Waals surface area contributed by atoms with E-state index in [9.17, 15) is 17.6 Å². The molecule has 0 aliphatic heterocycles. The summed E-state index contributed by atoms with van der Waals surface area (Å²) < 4.78 is 60.5. The number of fused-ring (bicyclic) bond motifs is 6. The van der Waals surface area contributed by atoms with Gasteiger partial charge in [0.1, 0.15) is 0 Å². The van der Waals surface area contributed by atoms with Crippen molar-refractivity contribution in [3.8, 4) is 20.9 Å². The molecule has 0 saturated heterocycles. The van der Waals surface area contributed by atoms with Gasteiger partial charge in [0.15, 0.2) is 7.85 Å². The molecule has 2 heterocycles. The van der Waals surface area contributed by atoms with E-state index in [0.717, 1.165) is 16.1 Å². The predicted molar refractivity (Wildman–Crippen MR) is 94.9 cm³/mol. The minimum Gasteiger partial charge on any atom is -0.196 e. The lowest BCUT2D eigenvalue weighted by molar-refractivity contribution is 0.0453. The summed E-state index contributed by atoms with van der Waals surface area (Å²) in [6.07, 6.45) is 0. The fourth-order valence-corrected chi connectivity index (χ4v) is 6.26. The molecule has 0 radical (unpaired) electrons. The van der Waals surface area contributed by atoms with Crippen LogP contribution in [-0.4, -0.2) is 7.85 Å². The molecule has 2 aromatic heterocycles. The maximum atomic E-state index is 14.8. The molecular weight excluding hydrogens is 423 g/mol. The van der Waals surface area contributed by atoms with Crippen molar-refractivity contribution >= 4 is 51.2 Å². The number of hydrogen-bond acceptors (Lipinski definition) is 2. The van der Waals surface area contributed by atoms with Crippen LogP contribution in [0.15, 0.2) is 28.1 Å². The highest BCUT2D eigenvalue weighted by Gasteiger charge is 2.51. The first-order chi connectivity index (χ1) is 11.2. The highest BCUT2D eigenvalue weighted by molar-refractivity contribution is 9.11. The number of hydrogen-bond donors (Lipinski definition) is 0. The maximum Gasteiger partial charge on any atom is 0.300 e. The van der Waals surface area contributed by atoms with Crippen LogP contribution in [0.4, 0.5) is 17.6 Å². The van der Waals surface area contributed by atoms with E-state index in [0.29, 0.717) is 13.5 Å². The fourth-order valence-electron chi connectivity index (χ4n) is 3.53. The third kappa shape index (κ3) is 1.64. The largest absolute Gasteiger partial charge is 0.300 e. The molecule has 2 aliphatic rings. The molecule has 2 aliphatic carbocycles. The molecule has 5 rings (SSSR count). The van der Waals surface area contributed by atoms with Gasteiger partial charge in [-0.25, -0.2) is 0 Å². The third-order valence-corrected chi connectivity index (χ3v) is 7.31. The van der Waals surface area contributed by atoms with Gasteiger partial charge in [-0.2, -0.15) is 28.9 Å². The molecule has 0 N–H and O–H groups in total. The topological polar surface area (TPSA) is 0 Å². The number of halogens is 5. The molecule has 0 amide bonds. The lowest BCUT2D eigenvalue weighted by Crippen LogP contribution is -2.13. The highest BCUT2D eigenvalue weighted by Crippen LogP contribution is 2.60. The maximum absolute atomic E-state index is 14.8. The first-order valence-electron chi connectivity index (χ1n) is 7.07.